The molecule has 2 nitrogen and oxygen atoms in total. The van der Waals surface area contributed by atoms with Crippen molar-refractivity contribution in [3.8, 4) is 0 Å². The first-order chi connectivity index (χ1) is 4.16. The molecule has 0 aliphatic carbocycles. The van der Waals surface area contributed by atoms with Gasteiger partial charge in [-0.15, -0.1) is 0 Å². The van der Waals surface area contributed by atoms with E-state index in [1.54, 1.807) is 0 Å². The van der Waals surface area contributed by atoms with Gasteiger partial charge in [0.05, 0.1) is 0 Å². The molecule has 0 heterocycles. The van der Waals surface area contributed by atoms with Crippen LogP contribution in [0.5, 0.6) is 0 Å². The minimum Gasteiger partial charge on any atom is -0.409 e. The summed E-state index contributed by atoms with van der Waals surface area (Å²) in [4.78, 5) is 10.5. The summed E-state index contributed by atoms with van der Waals surface area (Å²) >= 11 is 8.03. The Bertz CT molecular complexity index is 122. The summed E-state index contributed by atoms with van der Waals surface area (Å²) in [5.74, 6) is -0.308. The summed E-state index contributed by atoms with van der Waals surface area (Å²) in [6.45, 7) is 1.89. The van der Waals surface area contributed by atoms with Gasteiger partial charge < -0.3 is 4.74 Å². The van der Waals surface area contributed by atoms with Crippen LogP contribution < -0.4 is 0 Å². The van der Waals surface area contributed by atoms with E-state index in [2.05, 4.69) is 29.6 Å². The fourth-order valence-corrected chi connectivity index (χ4v) is 0.547. The number of ether oxygens (including phenoxy) is 1. The first-order valence-corrected chi connectivity index (χ1v) is 3.46. The van der Waals surface area contributed by atoms with Crippen LogP contribution >= 0.6 is 24.8 Å². The first-order valence-electron chi connectivity index (χ1n) is 2.60. The SMILES string of the molecule is CCCC(=O)OC(=S)S. The molecule has 52 valence electrons. The smallest absolute Gasteiger partial charge is 0.312 e. The molecular formula is C5H8O2S2. The number of carbonyl (C=O) groups excluding carboxylic acids is 1. The Labute approximate surface area is 65.0 Å². The highest BCUT2D eigenvalue weighted by atomic mass is 32.1. The van der Waals surface area contributed by atoms with Crippen molar-refractivity contribution in [2.24, 2.45) is 0 Å². The molecule has 0 aromatic carbocycles. The maximum absolute atomic E-state index is 10.5. The molecule has 0 atom stereocenters. The highest BCUT2D eigenvalue weighted by Gasteiger charge is 2.00. The molecule has 0 amide bonds. The zero-order chi connectivity index (χ0) is 7.28. The molecule has 0 aromatic rings. The van der Waals surface area contributed by atoms with Gasteiger partial charge in [-0.05, 0) is 18.6 Å². The number of thiol groups is 1. The quantitative estimate of drug-likeness (QED) is 0.381. The van der Waals surface area contributed by atoms with Crippen molar-refractivity contribution < 1.29 is 9.53 Å². The molecule has 0 aliphatic rings. The minimum atomic E-state index is -0.308. The van der Waals surface area contributed by atoms with E-state index in [1.807, 2.05) is 6.92 Å². The molecule has 0 bridgehead atoms. The van der Waals surface area contributed by atoms with E-state index in [0.29, 0.717) is 6.42 Å². The molecule has 0 spiro atoms. The molecule has 0 aromatic heterocycles. The van der Waals surface area contributed by atoms with Gasteiger partial charge in [0.2, 0.25) is 4.38 Å². The van der Waals surface area contributed by atoms with Crippen molar-refractivity contribution >= 4 is 35.2 Å². The Balaban J connectivity index is 3.39. The van der Waals surface area contributed by atoms with E-state index in [9.17, 15) is 4.79 Å². The number of thiocarbonyl (C=S) groups is 1. The summed E-state index contributed by atoms with van der Waals surface area (Å²) in [6.07, 6.45) is 1.18. The first kappa shape index (κ1) is 8.91. The van der Waals surface area contributed by atoms with Crippen LogP contribution in [0.1, 0.15) is 19.8 Å². The molecule has 0 saturated heterocycles. The maximum Gasteiger partial charge on any atom is 0.312 e. The molecule has 9 heavy (non-hydrogen) atoms. The zero-order valence-corrected chi connectivity index (χ0v) is 6.80. The van der Waals surface area contributed by atoms with Crippen LogP contribution in [0.2, 0.25) is 0 Å². The number of hydrogen-bond acceptors (Lipinski definition) is 3. The van der Waals surface area contributed by atoms with Crippen molar-refractivity contribution in [3.63, 3.8) is 0 Å². The van der Waals surface area contributed by atoms with Gasteiger partial charge in [0.15, 0.2) is 0 Å². The lowest BCUT2D eigenvalue weighted by Crippen LogP contribution is -2.04. The summed E-state index contributed by atoms with van der Waals surface area (Å²) in [5.41, 5.74) is 0. The van der Waals surface area contributed by atoms with Crippen molar-refractivity contribution in [2.45, 2.75) is 19.8 Å². The predicted molar refractivity (Wildman–Crippen MR) is 42.6 cm³/mol. The van der Waals surface area contributed by atoms with Gasteiger partial charge in [0.25, 0.3) is 0 Å². The lowest BCUT2D eigenvalue weighted by molar-refractivity contribution is -0.135. The van der Waals surface area contributed by atoms with Crippen LogP contribution in [0.4, 0.5) is 0 Å². The van der Waals surface area contributed by atoms with E-state index in [1.165, 1.54) is 0 Å². The highest BCUT2D eigenvalue weighted by molar-refractivity contribution is 8.10. The molecule has 4 heteroatoms. The number of hydrogen-bond donors (Lipinski definition) is 1. The second-order valence-corrected chi connectivity index (χ2v) is 2.57. The number of carbonyl (C=O) groups is 1. The van der Waals surface area contributed by atoms with Crippen molar-refractivity contribution in [1.29, 1.82) is 0 Å². The van der Waals surface area contributed by atoms with Crippen LogP contribution in [0.15, 0.2) is 0 Å². The highest BCUT2D eigenvalue weighted by Crippen LogP contribution is 1.94. The Kier molecular flexibility index (Phi) is 4.71. The third kappa shape index (κ3) is 5.79. The van der Waals surface area contributed by atoms with E-state index in [4.69, 9.17) is 0 Å². The Morgan fingerprint density at radius 3 is 2.67 bits per heavy atom. The number of esters is 1. The van der Waals surface area contributed by atoms with Gasteiger partial charge in [-0.25, -0.2) is 0 Å². The normalized spacial score (nSPS) is 8.67. The van der Waals surface area contributed by atoms with Crippen LogP contribution in [-0.4, -0.2) is 10.4 Å². The predicted octanol–water partition coefficient (Wildman–Crippen LogP) is 1.54. The summed E-state index contributed by atoms with van der Waals surface area (Å²) < 4.78 is 4.44. The fraction of sp³-hybridized carbons (Fsp3) is 0.600. The standard InChI is InChI=1S/C5H8O2S2/c1-2-3-4(6)7-5(8)9/h2-3H2,1H3,(H,8,9). The average Bonchev–Trinajstić information content (AvgIpc) is 1.63. The fourth-order valence-electron chi connectivity index (χ4n) is 0.353. The maximum atomic E-state index is 10.5. The molecule has 0 saturated carbocycles. The molecule has 0 rings (SSSR count). The summed E-state index contributed by atoms with van der Waals surface area (Å²) in [5, 5.41) is 0. The van der Waals surface area contributed by atoms with Gasteiger partial charge in [-0.3, -0.25) is 4.79 Å². The Morgan fingerprint density at radius 1 is 1.78 bits per heavy atom. The minimum absolute atomic E-state index is 0.00606. The van der Waals surface area contributed by atoms with Crippen molar-refractivity contribution in [3.05, 3.63) is 0 Å². The molecule has 0 N–H and O–H groups in total. The molecular weight excluding hydrogens is 156 g/mol. The molecule has 0 radical (unpaired) electrons. The van der Waals surface area contributed by atoms with E-state index in [0.717, 1.165) is 6.42 Å². The summed E-state index contributed by atoms with van der Waals surface area (Å²) in [6, 6.07) is 0. The van der Waals surface area contributed by atoms with Crippen molar-refractivity contribution in [2.75, 3.05) is 0 Å². The van der Waals surface area contributed by atoms with Crippen molar-refractivity contribution in [1.82, 2.24) is 0 Å². The summed E-state index contributed by atoms with van der Waals surface area (Å²) in [7, 11) is 0. The monoisotopic (exact) mass is 164 g/mol. The topological polar surface area (TPSA) is 26.3 Å². The van der Waals surface area contributed by atoms with Crippen LogP contribution in [0.25, 0.3) is 0 Å². The van der Waals surface area contributed by atoms with Crippen LogP contribution in [-0.2, 0) is 9.53 Å². The lowest BCUT2D eigenvalue weighted by atomic mass is 10.3. The van der Waals surface area contributed by atoms with Gasteiger partial charge in [0, 0.05) is 6.42 Å². The third-order valence-electron chi connectivity index (χ3n) is 0.655. The second-order valence-electron chi connectivity index (χ2n) is 1.49. The van der Waals surface area contributed by atoms with Crippen LogP contribution in [0.3, 0.4) is 0 Å². The van der Waals surface area contributed by atoms with Gasteiger partial charge in [-0.2, -0.15) is 0 Å². The van der Waals surface area contributed by atoms with Gasteiger partial charge in [-0.1, -0.05) is 19.6 Å². The Morgan fingerprint density at radius 2 is 2.33 bits per heavy atom. The van der Waals surface area contributed by atoms with Crippen LogP contribution in [0, 0.1) is 0 Å². The molecule has 0 unspecified atom stereocenters. The van der Waals surface area contributed by atoms with Gasteiger partial charge >= 0.3 is 5.97 Å². The third-order valence-corrected chi connectivity index (χ3v) is 0.830. The van der Waals surface area contributed by atoms with Gasteiger partial charge in [0.1, 0.15) is 0 Å². The molecule has 0 fully saturated rings. The largest absolute Gasteiger partial charge is 0.409 e. The Hall–Kier alpha value is -0.0900. The zero-order valence-electron chi connectivity index (χ0n) is 5.09. The second kappa shape index (κ2) is 4.76. The lowest BCUT2D eigenvalue weighted by Gasteiger charge is -1.96. The van der Waals surface area contributed by atoms with E-state index in [-0.39, 0.29) is 10.4 Å². The van der Waals surface area contributed by atoms with E-state index < -0.39 is 0 Å². The number of rotatable bonds is 2. The molecule has 0 aliphatic heterocycles. The van der Waals surface area contributed by atoms with E-state index >= 15 is 0 Å². The average molecular weight is 164 g/mol.